The highest BCUT2D eigenvalue weighted by Crippen LogP contribution is 2.14. The van der Waals surface area contributed by atoms with E-state index in [1.807, 2.05) is 11.8 Å². The minimum atomic E-state index is 0.371. The third kappa shape index (κ3) is 2.15. The molecule has 3 heteroatoms. The van der Waals surface area contributed by atoms with Gasteiger partial charge in [-0.15, -0.1) is 0 Å². The Kier molecular flexibility index (Phi) is 3.52. The summed E-state index contributed by atoms with van der Waals surface area (Å²) >= 11 is 1.88. The molecule has 0 aromatic rings. The van der Waals surface area contributed by atoms with Crippen LogP contribution in [0.1, 0.15) is 0 Å². The van der Waals surface area contributed by atoms with Gasteiger partial charge in [0.15, 0.2) is 0 Å². The van der Waals surface area contributed by atoms with Gasteiger partial charge in [0.1, 0.15) is 0 Å². The summed E-state index contributed by atoms with van der Waals surface area (Å²) in [6, 6.07) is 0. The van der Waals surface area contributed by atoms with Crippen LogP contribution in [0.3, 0.4) is 0 Å². The molecule has 0 amide bonds. The Labute approximate surface area is 66.6 Å². The Morgan fingerprint density at radius 1 is 1.60 bits per heavy atom. The number of likely N-dealkylation sites (tertiary alicyclic amines) is 1. The molecule has 0 bridgehead atoms. The van der Waals surface area contributed by atoms with Crippen LogP contribution in [0.5, 0.6) is 0 Å². The van der Waals surface area contributed by atoms with Crippen LogP contribution in [-0.4, -0.2) is 48.3 Å². The summed E-state index contributed by atoms with van der Waals surface area (Å²) in [5, 5.41) is 8.70. The Morgan fingerprint density at radius 2 is 2.30 bits per heavy atom. The van der Waals surface area contributed by atoms with Crippen LogP contribution in [0, 0.1) is 5.92 Å². The zero-order valence-electron chi connectivity index (χ0n) is 6.42. The SMILES string of the molecule is CSCCN1CC(CO)C1. The molecule has 1 aliphatic heterocycles. The van der Waals surface area contributed by atoms with Gasteiger partial charge in [0.05, 0.1) is 0 Å². The first kappa shape index (κ1) is 8.37. The first-order valence-corrected chi connectivity index (χ1v) is 5.08. The maximum absolute atomic E-state index is 8.70. The second-order valence-corrected chi connectivity index (χ2v) is 3.79. The molecule has 0 spiro atoms. The lowest BCUT2D eigenvalue weighted by atomic mass is 10.0. The van der Waals surface area contributed by atoms with Crippen molar-refractivity contribution in [3.05, 3.63) is 0 Å². The molecule has 1 N–H and O–H groups in total. The van der Waals surface area contributed by atoms with Crippen molar-refractivity contribution in [3.8, 4) is 0 Å². The van der Waals surface area contributed by atoms with Crippen molar-refractivity contribution in [1.82, 2.24) is 4.90 Å². The van der Waals surface area contributed by atoms with Crippen molar-refractivity contribution in [2.75, 3.05) is 38.2 Å². The molecule has 0 atom stereocenters. The molecule has 2 nitrogen and oxygen atoms in total. The standard InChI is InChI=1S/C7H15NOS/c1-10-3-2-8-4-7(5-8)6-9/h7,9H,2-6H2,1H3. The number of aliphatic hydroxyl groups excluding tert-OH is 1. The lowest BCUT2D eigenvalue weighted by Crippen LogP contribution is -2.48. The molecular weight excluding hydrogens is 146 g/mol. The van der Waals surface area contributed by atoms with E-state index in [0.29, 0.717) is 12.5 Å². The van der Waals surface area contributed by atoms with Crippen LogP contribution in [0.15, 0.2) is 0 Å². The fraction of sp³-hybridized carbons (Fsp3) is 1.00. The molecule has 0 aromatic heterocycles. The number of thioether (sulfide) groups is 1. The second-order valence-electron chi connectivity index (χ2n) is 2.80. The summed E-state index contributed by atoms with van der Waals surface area (Å²) in [4.78, 5) is 2.39. The normalized spacial score (nSPS) is 21.0. The first-order valence-electron chi connectivity index (χ1n) is 3.69. The van der Waals surface area contributed by atoms with Gasteiger partial charge in [-0.3, -0.25) is 0 Å². The van der Waals surface area contributed by atoms with Crippen molar-refractivity contribution in [3.63, 3.8) is 0 Å². The van der Waals surface area contributed by atoms with Crippen LogP contribution in [0.25, 0.3) is 0 Å². The largest absolute Gasteiger partial charge is 0.396 e. The number of hydrogen-bond acceptors (Lipinski definition) is 3. The average molecular weight is 161 g/mol. The van der Waals surface area contributed by atoms with E-state index in [4.69, 9.17) is 5.11 Å². The molecule has 1 aliphatic rings. The van der Waals surface area contributed by atoms with E-state index in [1.54, 1.807) is 0 Å². The monoisotopic (exact) mass is 161 g/mol. The molecule has 0 unspecified atom stereocenters. The van der Waals surface area contributed by atoms with Crippen molar-refractivity contribution < 1.29 is 5.11 Å². The highest BCUT2D eigenvalue weighted by atomic mass is 32.2. The number of rotatable bonds is 4. The maximum Gasteiger partial charge on any atom is 0.0483 e. The van der Waals surface area contributed by atoms with E-state index in [-0.39, 0.29) is 0 Å². The molecule has 0 radical (unpaired) electrons. The Bertz CT molecular complexity index is 90.9. The van der Waals surface area contributed by atoms with E-state index in [2.05, 4.69) is 11.2 Å². The highest BCUT2D eigenvalue weighted by Gasteiger charge is 2.24. The molecule has 1 heterocycles. The van der Waals surface area contributed by atoms with Gasteiger partial charge < -0.3 is 10.0 Å². The van der Waals surface area contributed by atoms with Crippen LogP contribution in [0.2, 0.25) is 0 Å². The van der Waals surface area contributed by atoms with Gasteiger partial charge in [0.2, 0.25) is 0 Å². The summed E-state index contributed by atoms with van der Waals surface area (Å²) in [5.74, 6) is 1.79. The van der Waals surface area contributed by atoms with E-state index in [9.17, 15) is 0 Å². The van der Waals surface area contributed by atoms with Gasteiger partial charge >= 0.3 is 0 Å². The smallest absolute Gasteiger partial charge is 0.0483 e. The van der Waals surface area contributed by atoms with E-state index in [0.717, 1.165) is 13.1 Å². The fourth-order valence-corrected chi connectivity index (χ4v) is 1.64. The van der Waals surface area contributed by atoms with Gasteiger partial charge in [0, 0.05) is 37.9 Å². The molecule has 0 aliphatic carbocycles. The predicted molar refractivity (Wildman–Crippen MR) is 45.4 cm³/mol. The van der Waals surface area contributed by atoms with Crippen molar-refractivity contribution in [2.24, 2.45) is 5.92 Å². The molecule has 10 heavy (non-hydrogen) atoms. The number of nitrogens with zero attached hydrogens (tertiary/aromatic N) is 1. The summed E-state index contributed by atoms with van der Waals surface area (Å²) in [6.45, 7) is 3.78. The minimum absolute atomic E-state index is 0.371. The zero-order chi connectivity index (χ0) is 7.40. The predicted octanol–water partition coefficient (Wildman–Crippen LogP) is 0.274. The second kappa shape index (κ2) is 4.21. The zero-order valence-corrected chi connectivity index (χ0v) is 7.23. The van der Waals surface area contributed by atoms with E-state index >= 15 is 0 Å². The topological polar surface area (TPSA) is 23.5 Å². The molecular formula is C7H15NOS. The van der Waals surface area contributed by atoms with Crippen LogP contribution in [-0.2, 0) is 0 Å². The lowest BCUT2D eigenvalue weighted by Gasteiger charge is -2.38. The molecule has 1 rings (SSSR count). The van der Waals surface area contributed by atoms with Crippen molar-refractivity contribution in [1.29, 1.82) is 0 Å². The van der Waals surface area contributed by atoms with Gasteiger partial charge in [-0.05, 0) is 6.26 Å². The van der Waals surface area contributed by atoms with Gasteiger partial charge in [-0.2, -0.15) is 11.8 Å². The minimum Gasteiger partial charge on any atom is -0.396 e. The van der Waals surface area contributed by atoms with Crippen molar-refractivity contribution in [2.45, 2.75) is 0 Å². The van der Waals surface area contributed by atoms with Crippen LogP contribution in [0.4, 0.5) is 0 Å². The first-order chi connectivity index (χ1) is 4.86. The Morgan fingerprint density at radius 3 is 2.80 bits per heavy atom. The van der Waals surface area contributed by atoms with E-state index in [1.165, 1.54) is 12.3 Å². The quantitative estimate of drug-likeness (QED) is 0.640. The van der Waals surface area contributed by atoms with Gasteiger partial charge in [-0.25, -0.2) is 0 Å². The van der Waals surface area contributed by atoms with Gasteiger partial charge in [-0.1, -0.05) is 0 Å². The summed E-state index contributed by atoms with van der Waals surface area (Å²) in [7, 11) is 0. The van der Waals surface area contributed by atoms with Crippen LogP contribution < -0.4 is 0 Å². The number of hydrogen-bond donors (Lipinski definition) is 1. The summed E-state index contributed by atoms with van der Waals surface area (Å²) < 4.78 is 0. The van der Waals surface area contributed by atoms with E-state index < -0.39 is 0 Å². The molecule has 1 saturated heterocycles. The lowest BCUT2D eigenvalue weighted by molar-refractivity contribution is 0.0596. The van der Waals surface area contributed by atoms with Crippen LogP contribution >= 0.6 is 11.8 Å². The van der Waals surface area contributed by atoms with Crippen molar-refractivity contribution >= 4 is 11.8 Å². The molecule has 60 valence electrons. The highest BCUT2D eigenvalue weighted by molar-refractivity contribution is 7.98. The number of aliphatic hydroxyl groups is 1. The third-order valence-corrected chi connectivity index (χ3v) is 2.49. The summed E-state index contributed by atoms with van der Waals surface area (Å²) in [6.07, 6.45) is 2.13. The molecule has 0 saturated carbocycles. The maximum atomic E-state index is 8.70. The third-order valence-electron chi connectivity index (χ3n) is 1.90. The molecule has 1 fully saturated rings. The van der Waals surface area contributed by atoms with Gasteiger partial charge in [0.25, 0.3) is 0 Å². The summed E-state index contributed by atoms with van der Waals surface area (Å²) in [5.41, 5.74) is 0. The average Bonchev–Trinajstić information content (AvgIpc) is 1.86. The Balaban J connectivity index is 1.93. The Hall–Kier alpha value is 0.270. The molecule has 0 aromatic carbocycles. The fourth-order valence-electron chi connectivity index (χ4n) is 1.20.